The predicted octanol–water partition coefficient (Wildman–Crippen LogP) is 2.42. The molecule has 0 saturated carbocycles. The molecule has 2 rings (SSSR count). The van der Waals surface area contributed by atoms with Crippen molar-refractivity contribution in [2.24, 2.45) is 0 Å². The summed E-state index contributed by atoms with van der Waals surface area (Å²) < 4.78 is 5.16. The van der Waals surface area contributed by atoms with Gasteiger partial charge in [0.05, 0.1) is 5.56 Å². The van der Waals surface area contributed by atoms with Crippen molar-refractivity contribution in [3.05, 3.63) is 35.9 Å². The van der Waals surface area contributed by atoms with Crippen LogP contribution in [0.1, 0.15) is 5.56 Å². The molecule has 0 unspecified atom stereocenters. The summed E-state index contributed by atoms with van der Waals surface area (Å²) in [5, 5.41) is 0. The average molecular weight is 188 g/mol. The Hall–Kier alpha value is -1.90. The van der Waals surface area contributed by atoms with Crippen molar-refractivity contribution in [1.29, 1.82) is 0 Å². The summed E-state index contributed by atoms with van der Waals surface area (Å²) in [7, 11) is 0. The number of nitrogen functional groups attached to an aromatic ring is 2. The highest BCUT2D eigenvalue weighted by Crippen LogP contribution is 2.35. The Morgan fingerprint density at radius 3 is 2.14 bits per heavy atom. The van der Waals surface area contributed by atoms with Gasteiger partial charge in [-0.05, 0) is 12.5 Å². The number of nitrogens with two attached hydrogens (primary N) is 2. The van der Waals surface area contributed by atoms with Gasteiger partial charge in [-0.1, -0.05) is 30.3 Å². The van der Waals surface area contributed by atoms with Gasteiger partial charge in [-0.15, -0.1) is 0 Å². The molecule has 2 aromatic rings. The van der Waals surface area contributed by atoms with Crippen LogP contribution in [0, 0.1) is 6.92 Å². The van der Waals surface area contributed by atoms with Crippen LogP contribution in [-0.2, 0) is 0 Å². The van der Waals surface area contributed by atoms with E-state index in [9.17, 15) is 0 Å². The van der Waals surface area contributed by atoms with Crippen molar-refractivity contribution < 1.29 is 4.42 Å². The zero-order valence-electron chi connectivity index (χ0n) is 7.95. The maximum atomic E-state index is 5.73. The molecule has 0 bridgehead atoms. The fourth-order valence-corrected chi connectivity index (χ4v) is 1.52. The highest BCUT2D eigenvalue weighted by Gasteiger charge is 2.13. The van der Waals surface area contributed by atoms with Crippen LogP contribution in [0.2, 0.25) is 0 Å². The lowest BCUT2D eigenvalue weighted by molar-refractivity contribution is 0.607. The molecule has 14 heavy (non-hydrogen) atoms. The van der Waals surface area contributed by atoms with Gasteiger partial charge in [0.2, 0.25) is 5.88 Å². The summed E-state index contributed by atoms with van der Waals surface area (Å²) in [6, 6.07) is 9.83. The first-order valence-corrected chi connectivity index (χ1v) is 4.40. The molecule has 0 aliphatic rings. The molecule has 4 N–H and O–H groups in total. The minimum Gasteiger partial charge on any atom is -0.425 e. The number of hydrogen-bond donors (Lipinski definition) is 2. The molecular formula is C11H12N2O. The summed E-state index contributed by atoms with van der Waals surface area (Å²) in [4.78, 5) is 0. The van der Waals surface area contributed by atoms with E-state index in [2.05, 4.69) is 0 Å². The molecule has 3 heteroatoms. The fraction of sp³-hybridized carbons (Fsp3) is 0.0909. The Bertz CT molecular complexity index is 446. The standard InChI is InChI=1S/C11H12N2O/c1-7-9(11(13)14-10(7)12)8-5-3-2-4-6-8/h2-6H,12-13H2,1H3. The summed E-state index contributed by atoms with van der Waals surface area (Å²) in [5.74, 6) is 0.771. The molecule has 0 aliphatic heterocycles. The van der Waals surface area contributed by atoms with E-state index in [0.717, 1.165) is 16.7 Å². The van der Waals surface area contributed by atoms with E-state index in [-0.39, 0.29) is 0 Å². The lowest BCUT2D eigenvalue weighted by Gasteiger charge is -1.99. The molecule has 1 heterocycles. The second kappa shape index (κ2) is 3.10. The Kier molecular flexibility index (Phi) is 1.93. The largest absolute Gasteiger partial charge is 0.425 e. The van der Waals surface area contributed by atoms with E-state index in [4.69, 9.17) is 15.9 Å². The van der Waals surface area contributed by atoms with Crippen molar-refractivity contribution >= 4 is 11.8 Å². The average Bonchev–Trinajstić information content (AvgIpc) is 2.43. The van der Waals surface area contributed by atoms with Gasteiger partial charge in [0.25, 0.3) is 0 Å². The Labute approximate surface area is 82.3 Å². The quantitative estimate of drug-likeness (QED) is 0.722. The fourth-order valence-electron chi connectivity index (χ4n) is 1.52. The third-order valence-corrected chi connectivity index (χ3v) is 2.27. The second-order valence-electron chi connectivity index (χ2n) is 3.20. The minimum atomic E-state index is 0.381. The van der Waals surface area contributed by atoms with E-state index in [1.54, 1.807) is 0 Å². The van der Waals surface area contributed by atoms with Crippen LogP contribution in [0.3, 0.4) is 0 Å². The van der Waals surface area contributed by atoms with Crippen molar-refractivity contribution in [2.75, 3.05) is 11.5 Å². The van der Waals surface area contributed by atoms with E-state index in [1.807, 2.05) is 37.3 Å². The van der Waals surface area contributed by atoms with E-state index in [0.29, 0.717) is 11.8 Å². The predicted molar refractivity (Wildman–Crippen MR) is 57.7 cm³/mol. The number of anilines is 2. The van der Waals surface area contributed by atoms with E-state index in [1.165, 1.54) is 0 Å². The third-order valence-electron chi connectivity index (χ3n) is 2.27. The van der Waals surface area contributed by atoms with E-state index >= 15 is 0 Å². The lowest BCUT2D eigenvalue weighted by Crippen LogP contribution is -1.86. The summed E-state index contributed by atoms with van der Waals surface area (Å²) in [6.07, 6.45) is 0. The van der Waals surface area contributed by atoms with Crippen molar-refractivity contribution in [1.82, 2.24) is 0 Å². The number of benzene rings is 1. The van der Waals surface area contributed by atoms with Crippen LogP contribution in [0.4, 0.5) is 11.8 Å². The van der Waals surface area contributed by atoms with Gasteiger partial charge >= 0.3 is 0 Å². The molecular weight excluding hydrogens is 176 g/mol. The summed E-state index contributed by atoms with van der Waals surface area (Å²) in [5.41, 5.74) is 14.2. The maximum Gasteiger partial charge on any atom is 0.201 e. The monoisotopic (exact) mass is 188 g/mol. The zero-order valence-corrected chi connectivity index (χ0v) is 7.95. The molecule has 1 aromatic carbocycles. The normalized spacial score (nSPS) is 10.4. The van der Waals surface area contributed by atoms with Crippen LogP contribution in [0.5, 0.6) is 0 Å². The summed E-state index contributed by atoms with van der Waals surface area (Å²) >= 11 is 0. The molecule has 0 spiro atoms. The highest BCUT2D eigenvalue weighted by molar-refractivity contribution is 5.79. The van der Waals surface area contributed by atoms with Crippen molar-refractivity contribution in [2.45, 2.75) is 6.92 Å². The Morgan fingerprint density at radius 1 is 1.00 bits per heavy atom. The summed E-state index contributed by atoms with van der Waals surface area (Å²) in [6.45, 7) is 1.90. The van der Waals surface area contributed by atoms with Crippen molar-refractivity contribution in [3.63, 3.8) is 0 Å². The molecule has 0 aliphatic carbocycles. The number of rotatable bonds is 1. The van der Waals surface area contributed by atoms with Gasteiger partial charge in [0, 0.05) is 5.56 Å². The first-order valence-electron chi connectivity index (χ1n) is 4.40. The van der Waals surface area contributed by atoms with Gasteiger partial charge in [0.15, 0.2) is 5.88 Å². The highest BCUT2D eigenvalue weighted by atomic mass is 16.4. The molecule has 0 fully saturated rings. The first kappa shape index (κ1) is 8.69. The van der Waals surface area contributed by atoms with Crippen LogP contribution in [0.25, 0.3) is 11.1 Å². The molecule has 0 saturated heterocycles. The van der Waals surface area contributed by atoms with Crippen LogP contribution < -0.4 is 11.5 Å². The van der Waals surface area contributed by atoms with Crippen molar-refractivity contribution in [3.8, 4) is 11.1 Å². The van der Waals surface area contributed by atoms with Crippen LogP contribution in [0.15, 0.2) is 34.7 Å². The van der Waals surface area contributed by atoms with Crippen LogP contribution >= 0.6 is 0 Å². The smallest absolute Gasteiger partial charge is 0.201 e. The molecule has 1 aromatic heterocycles. The maximum absolute atomic E-state index is 5.73. The molecule has 0 amide bonds. The molecule has 0 atom stereocenters. The molecule has 0 radical (unpaired) electrons. The Morgan fingerprint density at radius 2 is 1.64 bits per heavy atom. The van der Waals surface area contributed by atoms with Gasteiger partial charge < -0.3 is 15.9 Å². The molecule has 3 nitrogen and oxygen atoms in total. The van der Waals surface area contributed by atoms with Gasteiger partial charge in [-0.3, -0.25) is 0 Å². The molecule has 72 valence electrons. The topological polar surface area (TPSA) is 65.2 Å². The third kappa shape index (κ3) is 1.23. The van der Waals surface area contributed by atoms with Crippen LogP contribution in [-0.4, -0.2) is 0 Å². The Balaban J connectivity index is 2.62. The minimum absolute atomic E-state index is 0.381. The zero-order chi connectivity index (χ0) is 10.1. The lowest BCUT2D eigenvalue weighted by atomic mass is 10.0. The first-order chi connectivity index (χ1) is 6.70. The second-order valence-corrected chi connectivity index (χ2v) is 3.20. The van der Waals surface area contributed by atoms with Gasteiger partial charge in [0.1, 0.15) is 0 Å². The van der Waals surface area contributed by atoms with Gasteiger partial charge in [-0.25, -0.2) is 0 Å². The van der Waals surface area contributed by atoms with Gasteiger partial charge in [-0.2, -0.15) is 0 Å². The number of furan rings is 1. The number of hydrogen-bond acceptors (Lipinski definition) is 3. The SMILES string of the molecule is Cc1c(N)oc(N)c1-c1ccccc1. The van der Waals surface area contributed by atoms with E-state index < -0.39 is 0 Å².